The van der Waals surface area contributed by atoms with E-state index in [0.717, 1.165) is 52.1 Å². The molecule has 1 spiro atoms. The van der Waals surface area contributed by atoms with Crippen LogP contribution in [-0.2, 0) is 9.53 Å². The van der Waals surface area contributed by atoms with Crippen LogP contribution in [0.2, 0.25) is 0 Å². The summed E-state index contributed by atoms with van der Waals surface area (Å²) >= 11 is 0. The Kier molecular flexibility index (Phi) is 6.07. The Balaban J connectivity index is 1.44. The van der Waals surface area contributed by atoms with E-state index in [1.54, 1.807) is 0 Å². The molecule has 0 aliphatic carbocycles. The van der Waals surface area contributed by atoms with Gasteiger partial charge in [0.05, 0.1) is 6.54 Å². The number of piperidine rings is 1. The zero-order chi connectivity index (χ0) is 18.7. The molecule has 3 aliphatic heterocycles. The number of carbonyl (C=O) groups is 2. The van der Waals surface area contributed by atoms with Gasteiger partial charge in [0.15, 0.2) is 0 Å². The molecule has 0 bridgehead atoms. The maximum absolute atomic E-state index is 12.3. The summed E-state index contributed by atoms with van der Waals surface area (Å²) in [6, 6.07) is 0.607. The van der Waals surface area contributed by atoms with Crippen LogP contribution in [0, 0.1) is 0 Å². The van der Waals surface area contributed by atoms with Crippen molar-refractivity contribution in [3.63, 3.8) is 0 Å². The minimum Gasteiger partial charge on any atom is -0.441 e. The van der Waals surface area contributed by atoms with Gasteiger partial charge in [0.2, 0.25) is 5.91 Å². The quantitative estimate of drug-likeness (QED) is 0.733. The molecule has 3 heterocycles. The van der Waals surface area contributed by atoms with E-state index < -0.39 is 0 Å². The van der Waals surface area contributed by atoms with Crippen molar-refractivity contribution >= 4 is 12.0 Å². The molecule has 3 fully saturated rings. The second-order valence-electron chi connectivity index (χ2n) is 8.18. The first-order chi connectivity index (χ1) is 12.4. The fourth-order valence-corrected chi connectivity index (χ4v) is 4.28. The molecule has 0 atom stereocenters. The second kappa shape index (κ2) is 8.13. The van der Waals surface area contributed by atoms with Gasteiger partial charge in [0, 0.05) is 77.7 Å². The summed E-state index contributed by atoms with van der Waals surface area (Å²) in [5.74, 6) is 0.196. The standard InChI is InChI=1S/C19H34N4O3/c1-4-17(24)22-7-5-19(6-8-22)15-23(18(25)26-19)14-11-20-9-12-21(13-10-20)16(2)3/h16H,4-15H2,1-3H3. The molecule has 2 amide bonds. The molecule has 0 unspecified atom stereocenters. The van der Waals surface area contributed by atoms with Gasteiger partial charge >= 0.3 is 6.09 Å². The van der Waals surface area contributed by atoms with Crippen LogP contribution < -0.4 is 0 Å². The molecule has 7 heteroatoms. The van der Waals surface area contributed by atoms with E-state index in [1.165, 1.54) is 0 Å². The van der Waals surface area contributed by atoms with Crippen molar-refractivity contribution in [3.05, 3.63) is 0 Å². The summed E-state index contributed by atoms with van der Waals surface area (Å²) in [5, 5.41) is 0. The molecule has 148 valence electrons. The highest BCUT2D eigenvalue weighted by Crippen LogP contribution is 2.33. The van der Waals surface area contributed by atoms with Crippen molar-refractivity contribution in [2.24, 2.45) is 0 Å². The van der Waals surface area contributed by atoms with E-state index in [9.17, 15) is 9.59 Å². The average molecular weight is 367 g/mol. The van der Waals surface area contributed by atoms with E-state index in [-0.39, 0.29) is 17.6 Å². The predicted molar refractivity (Wildman–Crippen MR) is 100 cm³/mol. The van der Waals surface area contributed by atoms with Crippen LogP contribution in [-0.4, -0.2) is 102 Å². The Morgan fingerprint density at radius 3 is 2.31 bits per heavy atom. The number of hydrogen-bond acceptors (Lipinski definition) is 5. The van der Waals surface area contributed by atoms with Gasteiger partial charge in [-0.25, -0.2) is 4.79 Å². The summed E-state index contributed by atoms with van der Waals surface area (Å²) in [5.41, 5.74) is -0.377. The Morgan fingerprint density at radius 2 is 1.73 bits per heavy atom. The number of carbonyl (C=O) groups excluding carboxylic acids is 2. The summed E-state index contributed by atoms with van der Waals surface area (Å²) in [6.45, 7) is 14.5. The highest BCUT2D eigenvalue weighted by Gasteiger charge is 2.47. The van der Waals surface area contributed by atoms with Gasteiger partial charge in [-0.1, -0.05) is 6.92 Å². The number of rotatable bonds is 5. The third-order valence-corrected chi connectivity index (χ3v) is 6.19. The molecular weight excluding hydrogens is 332 g/mol. The SMILES string of the molecule is CCC(=O)N1CCC2(CC1)CN(CCN1CCN(C(C)C)CC1)C(=O)O2. The molecule has 26 heavy (non-hydrogen) atoms. The molecule has 0 aromatic rings. The molecule has 0 aromatic heterocycles. The number of nitrogens with zero attached hydrogens (tertiary/aromatic N) is 4. The molecule has 0 N–H and O–H groups in total. The highest BCUT2D eigenvalue weighted by molar-refractivity contribution is 5.76. The Morgan fingerprint density at radius 1 is 1.08 bits per heavy atom. The van der Waals surface area contributed by atoms with Gasteiger partial charge in [0.25, 0.3) is 0 Å². The molecule has 7 nitrogen and oxygen atoms in total. The summed E-state index contributed by atoms with van der Waals surface area (Å²) in [6.07, 6.45) is 1.88. The minimum absolute atomic E-state index is 0.180. The van der Waals surface area contributed by atoms with Crippen LogP contribution in [0.1, 0.15) is 40.0 Å². The lowest BCUT2D eigenvalue weighted by Crippen LogP contribution is -2.51. The number of amides is 2. The van der Waals surface area contributed by atoms with Crippen LogP contribution in [0.4, 0.5) is 4.79 Å². The average Bonchev–Trinajstić information content (AvgIpc) is 2.95. The van der Waals surface area contributed by atoms with E-state index in [4.69, 9.17) is 4.74 Å². The number of piperazine rings is 1. The lowest BCUT2D eigenvalue weighted by molar-refractivity contribution is -0.134. The maximum Gasteiger partial charge on any atom is 0.410 e. The minimum atomic E-state index is -0.377. The molecular formula is C19H34N4O3. The van der Waals surface area contributed by atoms with Gasteiger partial charge < -0.3 is 14.5 Å². The highest BCUT2D eigenvalue weighted by atomic mass is 16.6. The second-order valence-corrected chi connectivity index (χ2v) is 8.18. The molecule has 3 rings (SSSR count). The normalized spacial score (nSPS) is 24.5. The molecule has 0 radical (unpaired) electrons. The Labute approximate surface area is 157 Å². The number of likely N-dealkylation sites (tertiary alicyclic amines) is 1. The van der Waals surface area contributed by atoms with E-state index >= 15 is 0 Å². The Bertz CT molecular complexity index is 509. The molecule has 0 aromatic carbocycles. The summed E-state index contributed by atoms with van der Waals surface area (Å²) < 4.78 is 5.77. The van der Waals surface area contributed by atoms with Crippen LogP contribution in [0.5, 0.6) is 0 Å². The number of hydrogen-bond donors (Lipinski definition) is 0. The monoisotopic (exact) mass is 366 g/mol. The van der Waals surface area contributed by atoms with Crippen molar-refractivity contribution in [1.29, 1.82) is 0 Å². The fraction of sp³-hybridized carbons (Fsp3) is 0.895. The van der Waals surface area contributed by atoms with Crippen molar-refractivity contribution in [1.82, 2.24) is 19.6 Å². The van der Waals surface area contributed by atoms with E-state index in [0.29, 0.717) is 32.1 Å². The molecule has 3 aliphatic rings. The van der Waals surface area contributed by atoms with Crippen LogP contribution >= 0.6 is 0 Å². The first-order valence-corrected chi connectivity index (χ1v) is 10.1. The zero-order valence-electron chi connectivity index (χ0n) is 16.6. The molecule has 0 saturated carbocycles. The Hall–Kier alpha value is -1.34. The predicted octanol–water partition coefficient (Wildman–Crippen LogP) is 1.24. The zero-order valence-corrected chi connectivity index (χ0v) is 16.6. The lowest BCUT2D eigenvalue weighted by Gasteiger charge is -2.38. The largest absolute Gasteiger partial charge is 0.441 e. The van der Waals surface area contributed by atoms with Crippen molar-refractivity contribution in [3.8, 4) is 0 Å². The van der Waals surface area contributed by atoms with Gasteiger partial charge in [0.1, 0.15) is 5.60 Å². The van der Waals surface area contributed by atoms with Gasteiger partial charge in [-0.2, -0.15) is 0 Å². The topological polar surface area (TPSA) is 56.3 Å². The van der Waals surface area contributed by atoms with Gasteiger partial charge in [-0.15, -0.1) is 0 Å². The van der Waals surface area contributed by atoms with Crippen molar-refractivity contribution < 1.29 is 14.3 Å². The van der Waals surface area contributed by atoms with Gasteiger partial charge in [-0.3, -0.25) is 14.6 Å². The smallest absolute Gasteiger partial charge is 0.410 e. The van der Waals surface area contributed by atoms with E-state index in [2.05, 4.69) is 23.6 Å². The number of ether oxygens (including phenoxy) is 1. The third kappa shape index (κ3) is 4.31. The van der Waals surface area contributed by atoms with Crippen LogP contribution in [0.15, 0.2) is 0 Å². The molecule has 3 saturated heterocycles. The first kappa shape index (κ1) is 19.4. The van der Waals surface area contributed by atoms with Crippen molar-refractivity contribution in [2.45, 2.75) is 51.7 Å². The van der Waals surface area contributed by atoms with E-state index in [1.807, 2.05) is 16.7 Å². The first-order valence-electron chi connectivity index (χ1n) is 10.1. The van der Waals surface area contributed by atoms with Gasteiger partial charge in [-0.05, 0) is 13.8 Å². The van der Waals surface area contributed by atoms with Crippen LogP contribution in [0.3, 0.4) is 0 Å². The fourth-order valence-electron chi connectivity index (χ4n) is 4.28. The maximum atomic E-state index is 12.3. The van der Waals surface area contributed by atoms with Crippen molar-refractivity contribution in [2.75, 3.05) is 58.9 Å². The van der Waals surface area contributed by atoms with Crippen LogP contribution in [0.25, 0.3) is 0 Å². The summed E-state index contributed by atoms with van der Waals surface area (Å²) in [4.78, 5) is 32.9. The third-order valence-electron chi connectivity index (χ3n) is 6.19. The lowest BCUT2D eigenvalue weighted by atomic mass is 9.91. The summed E-state index contributed by atoms with van der Waals surface area (Å²) in [7, 11) is 0.